The highest BCUT2D eigenvalue weighted by Crippen LogP contribution is 2.34. The lowest BCUT2D eigenvalue weighted by molar-refractivity contribution is -0.138. The first-order chi connectivity index (χ1) is 10.8. The highest BCUT2D eigenvalue weighted by molar-refractivity contribution is 14.1. The van der Waals surface area contributed by atoms with E-state index in [2.05, 4.69) is 22.6 Å². The van der Waals surface area contributed by atoms with Crippen molar-refractivity contribution in [2.24, 2.45) is 5.73 Å². The molecule has 0 saturated heterocycles. The second-order valence-electron chi connectivity index (χ2n) is 4.75. The molecule has 130 valence electrons. The van der Waals surface area contributed by atoms with Crippen molar-refractivity contribution in [3.63, 3.8) is 0 Å². The summed E-state index contributed by atoms with van der Waals surface area (Å²) >= 11 is 6.23. The number of halogens is 4. The van der Waals surface area contributed by atoms with Gasteiger partial charge in [-0.1, -0.05) is 6.07 Å². The van der Waals surface area contributed by atoms with Gasteiger partial charge in [0, 0.05) is 0 Å². The van der Waals surface area contributed by atoms with Crippen molar-refractivity contribution in [3.8, 4) is 17.2 Å². The summed E-state index contributed by atoms with van der Waals surface area (Å²) in [6.45, 7) is 0. The molecule has 0 spiro atoms. The molecule has 2 aromatic rings. The zero-order valence-corrected chi connectivity index (χ0v) is 19.3. The Morgan fingerprint density at radius 2 is 1.71 bits per heavy atom. The number of nitrogens with two attached hydrogens (primary N) is 1. The minimum absolute atomic E-state index is 0. The van der Waals surface area contributed by atoms with E-state index in [-0.39, 0.29) is 24.6 Å². The molecule has 0 bridgehead atoms. The van der Waals surface area contributed by atoms with Crippen LogP contribution in [0.15, 0.2) is 30.3 Å². The second kappa shape index (κ2) is 9.59. The summed E-state index contributed by atoms with van der Waals surface area (Å²) in [6, 6.07) is 8.03. The fourth-order valence-corrected chi connectivity index (χ4v) is 4.22. The molecule has 1 unspecified atom stereocenters. The van der Waals surface area contributed by atoms with E-state index in [4.69, 9.17) is 15.6 Å². The summed E-state index contributed by atoms with van der Waals surface area (Å²) < 4.78 is 8.14. The summed E-state index contributed by atoms with van der Waals surface area (Å²) in [5.74, 6) is 0.514. The van der Waals surface area contributed by atoms with Crippen LogP contribution in [-0.2, 0) is 11.2 Å². The normalized spacial score (nSPS) is 11.5. The summed E-state index contributed by atoms with van der Waals surface area (Å²) in [4.78, 5) is 10.8. The summed E-state index contributed by atoms with van der Waals surface area (Å²) in [5, 5.41) is 18.6. The van der Waals surface area contributed by atoms with Crippen LogP contribution >= 0.6 is 80.2 Å². The van der Waals surface area contributed by atoms with E-state index in [1.165, 1.54) is 0 Å². The highest BCUT2D eigenvalue weighted by atomic mass is 127. The van der Waals surface area contributed by atoms with Gasteiger partial charge in [-0.3, -0.25) is 4.79 Å². The molecule has 0 radical (unpaired) electrons. The lowest BCUT2D eigenvalue weighted by Crippen LogP contribution is -2.32. The van der Waals surface area contributed by atoms with Crippen molar-refractivity contribution >= 4 is 86.1 Å². The van der Waals surface area contributed by atoms with Crippen LogP contribution in [0.5, 0.6) is 17.2 Å². The van der Waals surface area contributed by atoms with Crippen LogP contribution in [0.4, 0.5) is 0 Å². The number of rotatable bonds is 5. The fourth-order valence-electron chi connectivity index (χ4n) is 1.82. The number of aliphatic carboxylic acids is 1. The topological polar surface area (TPSA) is 92.8 Å². The SMILES string of the molecule is Cl.NC(Cc1ccc(Oc2cc(I)c(O)c(I)c2)c(I)c1)C(=O)O. The maximum Gasteiger partial charge on any atom is 0.320 e. The zero-order chi connectivity index (χ0) is 17.1. The monoisotopic (exact) mass is 687 g/mol. The van der Waals surface area contributed by atoms with E-state index in [0.29, 0.717) is 18.6 Å². The predicted molar refractivity (Wildman–Crippen MR) is 119 cm³/mol. The number of benzene rings is 2. The number of hydrogen-bond acceptors (Lipinski definition) is 4. The Morgan fingerprint density at radius 3 is 2.21 bits per heavy atom. The fraction of sp³-hybridized carbons (Fsp3) is 0.133. The summed E-state index contributed by atoms with van der Waals surface area (Å²) in [5.41, 5.74) is 6.39. The number of carbonyl (C=O) groups is 1. The van der Waals surface area contributed by atoms with Gasteiger partial charge in [0.25, 0.3) is 0 Å². The first-order valence-corrected chi connectivity index (χ1v) is 9.64. The Hall–Kier alpha value is -0.0500. The van der Waals surface area contributed by atoms with E-state index in [1.807, 2.05) is 51.2 Å². The van der Waals surface area contributed by atoms with E-state index in [9.17, 15) is 9.90 Å². The van der Waals surface area contributed by atoms with Crippen LogP contribution in [-0.4, -0.2) is 22.2 Å². The summed E-state index contributed by atoms with van der Waals surface area (Å²) in [6.07, 6.45) is 0.265. The molecule has 0 aliphatic rings. The minimum Gasteiger partial charge on any atom is -0.506 e. The zero-order valence-electron chi connectivity index (χ0n) is 12.0. The number of phenolic OH excluding ortho intramolecular Hbond substituents is 1. The molecular weight excluding hydrogens is 674 g/mol. The quantitative estimate of drug-likeness (QED) is 0.407. The van der Waals surface area contributed by atoms with Crippen LogP contribution in [0.2, 0.25) is 0 Å². The van der Waals surface area contributed by atoms with E-state index in [0.717, 1.165) is 9.13 Å². The third-order valence-electron chi connectivity index (χ3n) is 2.99. The molecule has 0 heterocycles. The lowest BCUT2D eigenvalue weighted by Gasteiger charge is -2.12. The highest BCUT2D eigenvalue weighted by Gasteiger charge is 2.14. The Balaban J connectivity index is 0.00000288. The van der Waals surface area contributed by atoms with Gasteiger partial charge >= 0.3 is 5.97 Å². The average molecular weight is 687 g/mol. The molecule has 0 fully saturated rings. The standard InChI is InChI=1S/C15H12I3NO4.ClH/c16-9-3-7(4-12(19)15(21)22)1-2-13(9)23-8-5-10(17)14(20)11(18)6-8;/h1-3,5-6,12,20H,4,19H2,(H,21,22);1H. The Labute approximate surface area is 186 Å². The van der Waals surface area contributed by atoms with Gasteiger partial charge in [0.1, 0.15) is 23.3 Å². The smallest absolute Gasteiger partial charge is 0.320 e. The molecule has 0 saturated carbocycles. The second-order valence-corrected chi connectivity index (χ2v) is 8.24. The molecule has 0 aliphatic carbocycles. The third-order valence-corrected chi connectivity index (χ3v) is 5.47. The van der Waals surface area contributed by atoms with E-state index in [1.54, 1.807) is 24.3 Å². The van der Waals surface area contributed by atoms with Gasteiger partial charge < -0.3 is 20.7 Å². The Morgan fingerprint density at radius 1 is 1.12 bits per heavy atom. The molecule has 9 heteroatoms. The van der Waals surface area contributed by atoms with Crippen LogP contribution in [0.3, 0.4) is 0 Å². The number of carboxylic acid groups (broad SMARTS) is 1. The molecule has 2 rings (SSSR count). The van der Waals surface area contributed by atoms with Crippen LogP contribution in [0, 0.1) is 10.7 Å². The molecular formula is C15H13ClI3NO4. The third kappa shape index (κ3) is 5.75. The molecule has 1 atom stereocenters. The molecule has 0 aliphatic heterocycles. The van der Waals surface area contributed by atoms with E-state index < -0.39 is 12.0 Å². The van der Waals surface area contributed by atoms with E-state index >= 15 is 0 Å². The number of phenols is 1. The van der Waals surface area contributed by atoms with Gasteiger partial charge in [0.05, 0.1) is 10.7 Å². The van der Waals surface area contributed by atoms with Crippen LogP contribution in [0.1, 0.15) is 5.56 Å². The Bertz CT molecular complexity index is 734. The largest absolute Gasteiger partial charge is 0.506 e. The molecule has 0 amide bonds. The number of ether oxygens (including phenoxy) is 1. The summed E-state index contributed by atoms with van der Waals surface area (Å²) in [7, 11) is 0. The van der Waals surface area contributed by atoms with Crippen molar-refractivity contribution in [1.82, 2.24) is 0 Å². The maximum atomic E-state index is 10.8. The van der Waals surface area contributed by atoms with Gasteiger partial charge in [-0.2, -0.15) is 0 Å². The maximum absolute atomic E-state index is 10.8. The van der Waals surface area contributed by atoms with Gasteiger partial charge in [0.2, 0.25) is 0 Å². The number of carboxylic acids is 1. The number of hydrogen-bond donors (Lipinski definition) is 3. The Kier molecular flexibility index (Phi) is 8.79. The van der Waals surface area contributed by atoms with Crippen molar-refractivity contribution in [1.29, 1.82) is 0 Å². The van der Waals surface area contributed by atoms with Crippen molar-refractivity contribution in [3.05, 3.63) is 46.6 Å². The first kappa shape index (κ1) is 22.0. The molecule has 4 N–H and O–H groups in total. The first-order valence-electron chi connectivity index (χ1n) is 6.40. The van der Waals surface area contributed by atoms with Gasteiger partial charge in [-0.05, 0) is 104 Å². The predicted octanol–water partition coefficient (Wildman–Crippen LogP) is 4.37. The van der Waals surface area contributed by atoms with Crippen LogP contribution < -0.4 is 10.5 Å². The van der Waals surface area contributed by atoms with Crippen molar-refractivity contribution < 1.29 is 19.7 Å². The lowest BCUT2D eigenvalue weighted by atomic mass is 10.1. The van der Waals surface area contributed by atoms with Gasteiger partial charge in [0.15, 0.2) is 0 Å². The number of aromatic hydroxyl groups is 1. The molecule has 2 aromatic carbocycles. The molecule has 5 nitrogen and oxygen atoms in total. The van der Waals surface area contributed by atoms with Gasteiger partial charge in [-0.15, -0.1) is 12.4 Å². The molecule has 0 aromatic heterocycles. The molecule has 24 heavy (non-hydrogen) atoms. The van der Waals surface area contributed by atoms with Gasteiger partial charge in [-0.25, -0.2) is 0 Å². The average Bonchev–Trinajstić information content (AvgIpc) is 2.47. The van der Waals surface area contributed by atoms with Crippen LogP contribution in [0.25, 0.3) is 0 Å². The van der Waals surface area contributed by atoms with Crippen molar-refractivity contribution in [2.45, 2.75) is 12.5 Å². The minimum atomic E-state index is -1.02. The van der Waals surface area contributed by atoms with Crippen molar-refractivity contribution in [2.75, 3.05) is 0 Å².